The molecule has 0 aromatic rings. The zero-order chi connectivity index (χ0) is 7.35. The predicted octanol–water partition coefficient (Wildman–Crippen LogP) is 0.224. The molecule has 2 aliphatic heterocycles. The lowest BCUT2D eigenvalue weighted by Gasteiger charge is -1.95. The first kappa shape index (κ1) is 6.35. The van der Waals surface area contributed by atoms with E-state index in [1.807, 2.05) is 0 Å². The molecular weight excluding hydrogens is 124 g/mol. The Morgan fingerprint density at radius 2 is 2.40 bits per heavy atom. The summed E-state index contributed by atoms with van der Waals surface area (Å²) in [6, 6.07) is 0.748. The maximum atomic E-state index is 3.40. The highest BCUT2D eigenvalue weighted by molar-refractivity contribution is 5.93. The fourth-order valence-corrected chi connectivity index (χ4v) is 1.91. The van der Waals surface area contributed by atoms with E-state index >= 15 is 0 Å². The smallest absolute Gasteiger partial charge is 0.250 e. The molecule has 0 aliphatic carbocycles. The molecule has 56 valence electrons. The van der Waals surface area contributed by atoms with Crippen LogP contribution in [0.5, 0.6) is 0 Å². The predicted molar refractivity (Wildman–Crippen MR) is 41.7 cm³/mol. The van der Waals surface area contributed by atoms with E-state index in [2.05, 4.69) is 30.8 Å². The lowest BCUT2D eigenvalue weighted by molar-refractivity contribution is -0.442. The van der Waals surface area contributed by atoms with Crippen molar-refractivity contribution in [2.45, 2.75) is 31.8 Å². The van der Waals surface area contributed by atoms with Gasteiger partial charge in [0.15, 0.2) is 0 Å². The van der Waals surface area contributed by atoms with E-state index in [9.17, 15) is 0 Å². The van der Waals surface area contributed by atoms with E-state index in [0.29, 0.717) is 5.54 Å². The van der Waals surface area contributed by atoms with Crippen LogP contribution in [0.25, 0.3) is 0 Å². The molecule has 1 fully saturated rings. The number of nitrogens with one attached hydrogen (secondary N) is 1. The summed E-state index contributed by atoms with van der Waals surface area (Å²) in [5.74, 6) is 0. The fraction of sp³-hybridized carbons (Fsp3) is 0.875. The largest absolute Gasteiger partial charge is 0.302 e. The molecule has 0 spiro atoms. The van der Waals surface area contributed by atoms with Gasteiger partial charge in [-0.1, -0.05) is 6.92 Å². The minimum absolute atomic E-state index is 0.445. The zero-order valence-electron chi connectivity index (χ0n) is 6.94. The van der Waals surface area contributed by atoms with Gasteiger partial charge in [0, 0.05) is 13.0 Å². The molecule has 0 radical (unpaired) electrons. The van der Waals surface area contributed by atoms with Crippen LogP contribution in [-0.2, 0) is 0 Å². The number of nitrogens with zero attached hydrogens (tertiary/aromatic N) is 1. The minimum atomic E-state index is 0.445. The summed E-state index contributed by atoms with van der Waals surface area (Å²) >= 11 is 0. The van der Waals surface area contributed by atoms with Crippen LogP contribution in [0, 0.1) is 0 Å². The van der Waals surface area contributed by atoms with Crippen molar-refractivity contribution in [3.05, 3.63) is 0 Å². The first-order valence-electron chi connectivity index (χ1n) is 4.02. The molecule has 2 aliphatic rings. The summed E-state index contributed by atoms with van der Waals surface area (Å²) in [5, 5.41) is 3.40. The van der Waals surface area contributed by atoms with Crippen LogP contribution in [0.2, 0.25) is 0 Å². The standard InChI is InChI=1S/C8H15N2/c1-4-6-7(10(6)3)8(2)5-9-8/h7,9H,4-5H2,1-3H3/q+1. The Bertz CT molecular complexity index is 201. The molecule has 2 heterocycles. The van der Waals surface area contributed by atoms with Gasteiger partial charge in [-0.3, -0.25) is 0 Å². The van der Waals surface area contributed by atoms with E-state index in [0.717, 1.165) is 6.04 Å². The Kier molecular flexibility index (Phi) is 1.03. The molecule has 2 atom stereocenters. The van der Waals surface area contributed by atoms with Crippen LogP contribution >= 0.6 is 0 Å². The molecule has 0 saturated carbocycles. The van der Waals surface area contributed by atoms with Crippen molar-refractivity contribution in [2.75, 3.05) is 13.6 Å². The Hall–Kier alpha value is -0.370. The highest BCUT2D eigenvalue weighted by Crippen LogP contribution is 2.31. The van der Waals surface area contributed by atoms with E-state index in [-0.39, 0.29) is 0 Å². The monoisotopic (exact) mass is 139 g/mol. The van der Waals surface area contributed by atoms with Gasteiger partial charge >= 0.3 is 0 Å². The molecule has 1 N–H and O–H groups in total. The second kappa shape index (κ2) is 1.62. The molecule has 2 heteroatoms. The summed E-state index contributed by atoms with van der Waals surface area (Å²) < 4.78 is 2.39. The average molecular weight is 139 g/mol. The second-order valence-electron chi connectivity index (χ2n) is 3.63. The molecule has 0 bridgehead atoms. The van der Waals surface area contributed by atoms with E-state index < -0.39 is 0 Å². The van der Waals surface area contributed by atoms with E-state index in [1.165, 1.54) is 13.0 Å². The van der Waals surface area contributed by atoms with Crippen molar-refractivity contribution >= 4 is 5.71 Å². The van der Waals surface area contributed by atoms with E-state index in [1.54, 1.807) is 5.71 Å². The topological polar surface area (TPSA) is 25.0 Å². The van der Waals surface area contributed by atoms with Crippen molar-refractivity contribution in [1.82, 2.24) is 5.32 Å². The molecule has 0 aromatic heterocycles. The molecule has 1 saturated heterocycles. The third kappa shape index (κ3) is 0.655. The third-order valence-corrected chi connectivity index (χ3v) is 2.79. The third-order valence-electron chi connectivity index (χ3n) is 2.79. The van der Waals surface area contributed by atoms with Crippen molar-refractivity contribution in [3.8, 4) is 0 Å². The first-order valence-corrected chi connectivity index (χ1v) is 4.02. The maximum absolute atomic E-state index is 3.40. The van der Waals surface area contributed by atoms with Crippen LogP contribution in [0.4, 0.5) is 0 Å². The van der Waals surface area contributed by atoms with Crippen LogP contribution in [0.15, 0.2) is 0 Å². The summed E-state index contributed by atoms with van der Waals surface area (Å²) in [4.78, 5) is 0. The fourth-order valence-electron chi connectivity index (χ4n) is 1.91. The van der Waals surface area contributed by atoms with Crippen LogP contribution < -0.4 is 5.32 Å². The molecule has 0 aromatic carbocycles. The quantitative estimate of drug-likeness (QED) is 0.430. The second-order valence-corrected chi connectivity index (χ2v) is 3.63. The number of likely N-dealkylation sites (N-methyl/N-ethyl adjacent to an activating group) is 1. The SMILES string of the molecule is CCC1=[N+](C)C1C1(C)CN1. The van der Waals surface area contributed by atoms with Gasteiger partial charge in [-0.05, 0) is 6.92 Å². The number of hydrogen-bond acceptors (Lipinski definition) is 1. The summed E-state index contributed by atoms with van der Waals surface area (Å²) in [6.07, 6.45) is 1.22. The summed E-state index contributed by atoms with van der Waals surface area (Å²) in [6.45, 7) is 5.74. The first-order chi connectivity index (χ1) is 4.69. The highest BCUT2D eigenvalue weighted by atomic mass is 15.3. The molecule has 2 unspecified atom stereocenters. The van der Waals surface area contributed by atoms with Gasteiger partial charge in [0.05, 0.1) is 0 Å². The van der Waals surface area contributed by atoms with Gasteiger partial charge < -0.3 is 5.32 Å². The van der Waals surface area contributed by atoms with Gasteiger partial charge in [0.25, 0.3) is 0 Å². The summed E-state index contributed by atoms with van der Waals surface area (Å²) in [7, 11) is 2.19. The van der Waals surface area contributed by atoms with Crippen molar-refractivity contribution in [1.29, 1.82) is 0 Å². The molecule has 2 rings (SSSR count). The minimum Gasteiger partial charge on any atom is -0.302 e. The van der Waals surface area contributed by atoms with Gasteiger partial charge in [0.2, 0.25) is 11.8 Å². The molecule has 10 heavy (non-hydrogen) atoms. The van der Waals surface area contributed by atoms with Crippen LogP contribution in [0.1, 0.15) is 20.3 Å². The van der Waals surface area contributed by atoms with Gasteiger partial charge in [0.1, 0.15) is 12.6 Å². The van der Waals surface area contributed by atoms with Gasteiger partial charge in [-0.25, -0.2) is 4.58 Å². The Morgan fingerprint density at radius 1 is 1.80 bits per heavy atom. The molecule has 0 amide bonds. The van der Waals surface area contributed by atoms with Crippen molar-refractivity contribution in [2.24, 2.45) is 0 Å². The summed E-state index contributed by atoms with van der Waals surface area (Å²) in [5.41, 5.74) is 2.06. The number of rotatable bonds is 2. The van der Waals surface area contributed by atoms with Gasteiger partial charge in [-0.15, -0.1) is 0 Å². The van der Waals surface area contributed by atoms with Crippen molar-refractivity contribution in [3.63, 3.8) is 0 Å². The highest BCUT2D eigenvalue weighted by Gasteiger charge is 2.62. The normalized spacial score (nSPS) is 44.1. The Morgan fingerprint density at radius 3 is 2.70 bits per heavy atom. The van der Waals surface area contributed by atoms with Gasteiger partial charge in [-0.2, -0.15) is 0 Å². The van der Waals surface area contributed by atoms with Crippen LogP contribution in [0.3, 0.4) is 0 Å². The lowest BCUT2D eigenvalue weighted by Crippen LogP contribution is -2.25. The molecular formula is C8H15N2+. The maximum Gasteiger partial charge on any atom is 0.250 e. The van der Waals surface area contributed by atoms with Crippen LogP contribution in [-0.4, -0.2) is 35.5 Å². The number of hydrogen-bond donors (Lipinski definition) is 1. The Balaban J connectivity index is 2.03. The average Bonchev–Trinajstić information content (AvgIpc) is 2.72. The van der Waals surface area contributed by atoms with Crippen molar-refractivity contribution < 1.29 is 4.58 Å². The zero-order valence-corrected chi connectivity index (χ0v) is 6.94. The van der Waals surface area contributed by atoms with E-state index in [4.69, 9.17) is 0 Å². The Labute approximate surface area is 61.9 Å². The lowest BCUT2D eigenvalue weighted by atomic mass is 10.0. The molecule has 2 nitrogen and oxygen atoms in total.